The Morgan fingerprint density at radius 1 is 1.17 bits per heavy atom. The minimum Gasteiger partial charge on any atom is -0.354 e. The summed E-state index contributed by atoms with van der Waals surface area (Å²) in [5, 5.41) is 3.58. The summed E-state index contributed by atoms with van der Waals surface area (Å²) in [7, 11) is 1.93. The molecule has 1 N–H and O–H groups in total. The van der Waals surface area contributed by atoms with Gasteiger partial charge in [0.1, 0.15) is 0 Å². The van der Waals surface area contributed by atoms with E-state index < -0.39 is 0 Å². The van der Waals surface area contributed by atoms with Gasteiger partial charge in [0.15, 0.2) is 5.96 Å². The van der Waals surface area contributed by atoms with Gasteiger partial charge in [-0.15, -0.1) is 24.0 Å². The van der Waals surface area contributed by atoms with Crippen LogP contribution >= 0.6 is 24.0 Å². The lowest BCUT2D eigenvalue weighted by Gasteiger charge is -2.33. The number of likely N-dealkylation sites (tertiary alicyclic amines) is 1. The maximum Gasteiger partial charge on any atom is 0.193 e. The second kappa shape index (κ2) is 5.97. The van der Waals surface area contributed by atoms with Crippen LogP contribution in [0.25, 0.3) is 0 Å². The fraction of sp³-hybridized carbons (Fsp3) is 0.929. The van der Waals surface area contributed by atoms with Crippen molar-refractivity contribution in [3.8, 4) is 0 Å². The highest BCUT2D eigenvalue weighted by molar-refractivity contribution is 14.0. The monoisotopic (exact) mass is 363 g/mol. The van der Waals surface area contributed by atoms with Crippen molar-refractivity contribution < 1.29 is 0 Å². The molecule has 104 valence electrons. The number of halogens is 1. The average Bonchev–Trinajstić information content (AvgIpc) is 3.10. The lowest BCUT2D eigenvalue weighted by molar-refractivity contribution is 0.203. The fourth-order valence-corrected chi connectivity index (χ4v) is 3.53. The van der Waals surface area contributed by atoms with Gasteiger partial charge < -0.3 is 10.2 Å². The first kappa shape index (κ1) is 14.4. The maximum atomic E-state index is 4.46. The second-order valence-corrected chi connectivity index (χ2v) is 6.20. The van der Waals surface area contributed by atoms with Crippen LogP contribution in [0.5, 0.6) is 0 Å². The molecule has 1 aliphatic heterocycles. The van der Waals surface area contributed by atoms with Crippen molar-refractivity contribution in [2.24, 2.45) is 10.4 Å². The van der Waals surface area contributed by atoms with Gasteiger partial charge in [-0.25, -0.2) is 0 Å². The van der Waals surface area contributed by atoms with E-state index in [0.29, 0.717) is 5.41 Å². The minimum atomic E-state index is 0. The third-order valence-corrected chi connectivity index (χ3v) is 4.77. The van der Waals surface area contributed by atoms with Crippen molar-refractivity contribution in [1.82, 2.24) is 10.2 Å². The Kier molecular flexibility index (Phi) is 4.78. The molecule has 0 bridgehead atoms. The zero-order chi connectivity index (χ0) is 11.7. The number of hydrogen-bond donors (Lipinski definition) is 1. The molecule has 2 aliphatic carbocycles. The van der Waals surface area contributed by atoms with Crippen LogP contribution in [-0.4, -0.2) is 37.0 Å². The molecule has 0 amide bonds. The molecule has 0 radical (unpaired) electrons. The predicted molar refractivity (Wildman–Crippen MR) is 86.6 cm³/mol. The molecule has 1 saturated heterocycles. The van der Waals surface area contributed by atoms with Gasteiger partial charge in [-0.2, -0.15) is 0 Å². The normalized spacial score (nSPS) is 27.2. The number of nitrogens with one attached hydrogen (secondary N) is 1. The molecular formula is C14H26IN3. The molecule has 0 aromatic carbocycles. The van der Waals surface area contributed by atoms with Crippen LogP contribution in [0.15, 0.2) is 4.99 Å². The van der Waals surface area contributed by atoms with Crippen molar-refractivity contribution in [3.63, 3.8) is 0 Å². The summed E-state index contributed by atoms with van der Waals surface area (Å²) in [5.41, 5.74) is 0.638. The molecule has 0 atom stereocenters. The first-order valence-corrected chi connectivity index (χ1v) is 7.30. The van der Waals surface area contributed by atoms with Crippen LogP contribution in [0.2, 0.25) is 0 Å². The second-order valence-electron chi connectivity index (χ2n) is 6.20. The highest BCUT2D eigenvalue weighted by atomic mass is 127. The predicted octanol–water partition coefficient (Wildman–Crippen LogP) is 3.00. The first-order chi connectivity index (χ1) is 8.31. The summed E-state index contributed by atoms with van der Waals surface area (Å²) >= 11 is 0. The lowest BCUT2D eigenvalue weighted by atomic mass is 9.73. The van der Waals surface area contributed by atoms with Gasteiger partial charge in [0, 0.05) is 26.2 Å². The molecule has 3 aliphatic rings. The van der Waals surface area contributed by atoms with E-state index in [9.17, 15) is 0 Å². The van der Waals surface area contributed by atoms with Crippen molar-refractivity contribution in [2.45, 2.75) is 57.4 Å². The summed E-state index contributed by atoms with van der Waals surface area (Å²) in [5.74, 6) is 1.16. The molecule has 0 aromatic rings. The molecular weight excluding hydrogens is 337 g/mol. The van der Waals surface area contributed by atoms with Gasteiger partial charge in [0.25, 0.3) is 0 Å². The molecule has 3 nitrogen and oxygen atoms in total. The Balaban J connectivity index is 0.00000120. The zero-order valence-electron chi connectivity index (χ0n) is 11.5. The van der Waals surface area contributed by atoms with Gasteiger partial charge in [-0.3, -0.25) is 4.99 Å². The SMILES string of the molecule is CN=C(NC1CC1)N1CCC2(CCCCC2)C1.I. The highest BCUT2D eigenvalue weighted by Crippen LogP contribution is 2.43. The van der Waals surface area contributed by atoms with Crippen molar-refractivity contribution in [1.29, 1.82) is 0 Å². The Morgan fingerprint density at radius 3 is 2.50 bits per heavy atom. The van der Waals surface area contributed by atoms with E-state index in [1.165, 1.54) is 64.5 Å². The first-order valence-electron chi connectivity index (χ1n) is 7.30. The molecule has 18 heavy (non-hydrogen) atoms. The molecule has 1 heterocycles. The third kappa shape index (κ3) is 3.11. The molecule has 0 aromatic heterocycles. The Labute approximate surface area is 128 Å². The largest absolute Gasteiger partial charge is 0.354 e. The number of rotatable bonds is 1. The van der Waals surface area contributed by atoms with Gasteiger partial charge in [0.2, 0.25) is 0 Å². The van der Waals surface area contributed by atoms with E-state index in [1.807, 2.05) is 7.05 Å². The van der Waals surface area contributed by atoms with Crippen molar-refractivity contribution in [2.75, 3.05) is 20.1 Å². The molecule has 4 heteroatoms. The summed E-state index contributed by atoms with van der Waals surface area (Å²) in [6.07, 6.45) is 11.3. The fourth-order valence-electron chi connectivity index (χ4n) is 3.53. The van der Waals surface area contributed by atoms with E-state index >= 15 is 0 Å². The van der Waals surface area contributed by atoms with Crippen LogP contribution in [-0.2, 0) is 0 Å². The number of aliphatic imine (C=N–C) groups is 1. The number of guanidine groups is 1. The lowest BCUT2D eigenvalue weighted by Crippen LogP contribution is -2.42. The Bertz CT molecular complexity index is 306. The van der Waals surface area contributed by atoms with E-state index in [-0.39, 0.29) is 24.0 Å². The van der Waals surface area contributed by atoms with Crippen molar-refractivity contribution in [3.05, 3.63) is 0 Å². The molecule has 2 saturated carbocycles. The van der Waals surface area contributed by atoms with Crippen molar-refractivity contribution >= 4 is 29.9 Å². The van der Waals surface area contributed by atoms with E-state index in [4.69, 9.17) is 0 Å². The molecule has 3 rings (SSSR count). The molecule has 0 unspecified atom stereocenters. The van der Waals surface area contributed by atoms with Crippen LogP contribution < -0.4 is 5.32 Å². The minimum absolute atomic E-state index is 0. The number of nitrogens with zero attached hydrogens (tertiary/aromatic N) is 2. The van der Waals surface area contributed by atoms with E-state index in [0.717, 1.165) is 12.0 Å². The van der Waals surface area contributed by atoms with E-state index in [2.05, 4.69) is 15.2 Å². The van der Waals surface area contributed by atoms with Crippen LogP contribution in [0.1, 0.15) is 51.4 Å². The Morgan fingerprint density at radius 2 is 1.89 bits per heavy atom. The molecule has 3 fully saturated rings. The van der Waals surface area contributed by atoms with E-state index in [1.54, 1.807) is 0 Å². The topological polar surface area (TPSA) is 27.6 Å². The summed E-state index contributed by atoms with van der Waals surface area (Å²) < 4.78 is 0. The smallest absolute Gasteiger partial charge is 0.193 e. The van der Waals surface area contributed by atoms with Gasteiger partial charge in [-0.05, 0) is 37.5 Å². The standard InChI is InChI=1S/C14H25N3.HI/c1-15-13(16-12-5-6-12)17-10-9-14(11-17)7-3-2-4-8-14;/h12H,2-11H2,1H3,(H,15,16);1H. The maximum absolute atomic E-state index is 4.46. The highest BCUT2D eigenvalue weighted by Gasteiger charge is 2.40. The number of hydrogen-bond acceptors (Lipinski definition) is 1. The van der Waals surface area contributed by atoms with Crippen LogP contribution in [0.3, 0.4) is 0 Å². The molecule has 1 spiro atoms. The third-order valence-electron chi connectivity index (χ3n) is 4.77. The van der Waals surface area contributed by atoms with Gasteiger partial charge >= 0.3 is 0 Å². The zero-order valence-corrected chi connectivity index (χ0v) is 13.8. The summed E-state index contributed by atoms with van der Waals surface area (Å²) in [6, 6.07) is 0.719. The van der Waals surface area contributed by atoms with Crippen LogP contribution in [0, 0.1) is 5.41 Å². The van der Waals surface area contributed by atoms with Crippen LogP contribution in [0.4, 0.5) is 0 Å². The average molecular weight is 363 g/mol. The van der Waals surface area contributed by atoms with Gasteiger partial charge in [-0.1, -0.05) is 19.3 Å². The Hall–Kier alpha value is 0. The quantitative estimate of drug-likeness (QED) is 0.441. The van der Waals surface area contributed by atoms with Gasteiger partial charge in [0.05, 0.1) is 0 Å². The summed E-state index contributed by atoms with van der Waals surface area (Å²) in [4.78, 5) is 6.96. The summed E-state index contributed by atoms with van der Waals surface area (Å²) in [6.45, 7) is 2.46.